The Morgan fingerprint density at radius 1 is 1.27 bits per heavy atom. The van der Waals surface area contributed by atoms with Crippen LogP contribution in [0, 0.1) is 0 Å². The minimum absolute atomic E-state index is 0.197. The summed E-state index contributed by atoms with van der Waals surface area (Å²) in [4.78, 5) is 16.5. The fourth-order valence-corrected chi connectivity index (χ4v) is 5.01. The van der Waals surface area contributed by atoms with Gasteiger partial charge in [-0.1, -0.05) is 30.3 Å². The largest absolute Gasteiger partial charge is 0.470 e. The fraction of sp³-hybridized carbons (Fsp3) is 0.286. The standard InChI is InChI=1S/C21H19NO3S/c1-2-24-21(23)19-18-14-6-4-3-5-13(14)7-8-16(18)25-20-15-10-12-26-17(15)9-11-22(19)20/h3-8,10,12,19-20H,2,9,11H2,1H3/t19-,20-/m1/s1. The maximum Gasteiger partial charge on any atom is 0.328 e. The van der Waals surface area contributed by atoms with Gasteiger partial charge in [0.2, 0.25) is 0 Å². The van der Waals surface area contributed by atoms with E-state index in [1.54, 1.807) is 11.3 Å². The molecule has 2 aliphatic rings. The highest BCUT2D eigenvalue weighted by molar-refractivity contribution is 7.10. The smallest absolute Gasteiger partial charge is 0.328 e. The van der Waals surface area contributed by atoms with Gasteiger partial charge in [-0.3, -0.25) is 0 Å². The van der Waals surface area contributed by atoms with Crippen LogP contribution in [0.4, 0.5) is 0 Å². The Bertz CT molecular complexity index is 996. The second kappa shape index (κ2) is 6.11. The molecule has 2 aliphatic heterocycles. The van der Waals surface area contributed by atoms with Crippen molar-refractivity contribution < 1.29 is 14.3 Å². The Morgan fingerprint density at radius 3 is 3.04 bits per heavy atom. The van der Waals surface area contributed by atoms with Crippen LogP contribution < -0.4 is 4.74 Å². The molecule has 0 radical (unpaired) electrons. The van der Waals surface area contributed by atoms with Gasteiger partial charge >= 0.3 is 5.97 Å². The van der Waals surface area contributed by atoms with Crippen LogP contribution in [0.15, 0.2) is 47.8 Å². The first-order valence-corrected chi connectivity index (χ1v) is 9.83. The second-order valence-corrected chi connectivity index (χ2v) is 7.61. The van der Waals surface area contributed by atoms with E-state index in [1.807, 2.05) is 25.1 Å². The first-order valence-electron chi connectivity index (χ1n) is 8.95. The van der Waals surface area contributed by atoms with E-state index in [2.05, 4.69) is 34.5 Å². The third-order valence-corrected chi connectivity index (χ3v) is 6.22. The number of ether oxygens (including phenoxy) is 2. The summed E-state index contributed by atoms with van der Waals surface area (Å²) in [5.74, 6) is 0.583. The van der Waals surface area contributed by atoms with Gasteiger partial charge in [-0.25, -0.2) is 9.69 Å². The summed E-state index contributed by atoms with van der Waals surface area (Å²) in [5, 5.41) is 4.26. The average Bonchev–Trinajstić information content (AvgIpc) is 3.15. The van der Waals surface area contributed by atoms with E-state index in [1.165, 1.54) is 10.4 Å². The van der Waals surface area contributed by atoms with E-state index in [-0.39, 0.29) is 12.2 Å². The molecule has 4 nitrogen and oxygen atoms in total. The van der Waals surface area contributed by atoms with E-state index in [0.717, 1.165) is 35.1 Å². The summed E-state index contributed by atoms with van der Waals surface area (Å²) >= 11 is 1.76. The number of esters is 1. The van der Waals surface area contributed by atoms with Gasteiger partial charge in [0.05, 0.1) is 6.61 Å². The number of hydrogen-bond acceptors (Lipinski definition) is 5. The van der Waals surface area contributed by atoms with Crippen molar-refractivity contribution in [3.8, 4) is 5.75 Å². The van der Waals surface area contributed by atoms with E-state index in [4.69, 9.17) is 9.47 Å². The van der Waals surface area contributed by atoms with Crippen molar-refractivity contribution in [2.45, 2.75) is 25.6 Å². The topological polar surface area (TPSA) is 38.8 Å². The minimum Gasteiger partial charge on any atom is -0.470 e. The molecule has 3 heterocycles. The lowest BCUT2D eigenvalue weighted by molar-refractivity contribution is -0.157. The highest BCUT2D eigenvalue weighted by atomic mass is 32.1. The third-order valence-electron chi connectivity index (χ3n) is 5.23. The normalized spacial score (nSPS) is 21.4. The van der Waals surface area contributed by atoms with Gasteiger partial charge < -0.3 is 9.47 Å². The number of carbonyl (C=O) groups excluding carboxylic acids is 1. The summed E-state index contributed by atoms with van der Waals surface area (Å²) in [6, 6.07) is 13.9. The zero-order valence-corrected chi connectivity index (χ0v) is 15.3. The summed E-state index contributed by atoms with van der Waals surface area (Å²) in [5.41, 5.74) is 2.10. The van der Waals surface area contributed by atoms with Crippen molar-refractivity contribution in [1.29, 1.82) is 0 Å². The highest BCUT2D eigenvalue weighted by Gasteiger charge is 2.45. The Morgan fingerprint density at radius 2 is 2.15 bits per heavy atom. The van der Waals surface area contributed by atoms with Gasteiger partial charge in [0.1, 0.15) is 11.8 Å². The molecule has 132 valence electrons. The second-order valence-electron chi connectivity index (χ2n) is 6.61. The van der Waals surface area contributed by atoms with Crippen molar-refractivity contribution in [1.82, 2.24) is 4.90 Å². The molecule has 2 aromatic carbocycles. The molecule has 2 atom stereocenters. The number of thiophene rings is 1. The van der Waals surface area contributed by atoms with Crippen LogP contribution in [0.25, 0.3) is 10.8 Å². The molecule has 5 heteroatoms. The molecule has 0 aliphatic carbocycles. The van der Waals surface area contributed by atoms with Crippen LogP contribution in [0.2, 0.25) is 0 Å². The SMILES string of the molecule is CCOC(=O)[C@H]1c2c(ccc3ccccc23)O[C@@H]2c3ccsc3CCN21. The van der Waals surface area contributed by atoms with Gasteiger partial charge in [-0.15, -0.1) is 11.3 Å². The third kappa shape index (κ3) is 2.27. The maximum atomic E-state index is 13.0. The number of rotatable bonds is 2. The molecule has 0 unspecified atom stereocenters. The van der Waals surface area contributed by atoms with Gasteiger partial charge in [0, 0.05) is 22.5 Å². The van der Waals surface area contributed by atoms with Gasteiger partial charge in [-0.2, -0.15) is 0 Å². The molecule has 0 N–H and O–H groups in total. The lowest BCUT2D eigenvalue weighted by atomic mass is 9.92. The van der Waals surface area contributed by atoms with Crippen LogP contribution in [-0.4, -0.2) is 24.0 Å². The lowest BCUT2D eigenvalue weighted by Crippen LogP contribution is -2.46. The van der Waals surface area contributed by atoms with Crippen molar-refractivity contribution >= 4 is 28.1 Å². The van der Waals surface area contributed by atoms with Gasteiger partial charge in [0.15, 0.2) is 6.23 Å². The van der Waals surface area contributed by atoms with Crippen LogP contribution >= 0.6 is 11.3 Å². The summed E-state index contributed by atoms with van der Waals surface area (Å²) in [6.07, 6.45) is 0.705. The maximum absolute atomic E-state index is 13.0. The average molecular weight is 365 g/mol. The summed E-state index contributed by atoms with van der Waals surface area (Å²) in [6.45, 7) is 3.01. The highest BCUT2D eigenvalue weighted by Crippen LogP contribution is 2.48. The quantitative estimate of drug-likeness (QED) is 0.629. The first kappa shape index (κ1) is 15.9. The van der Waals surface area contributed by atoms with Crippen molar-refractivity contribution in [2.75, 3.05) is 13.2 Å². The number of hydrogen-bond donors (Lipinski definition) is 0. The molecule has 0 saturated heterocycles. The predicted octanol–water partition coefficient (Wildman–Crippen LogP) is 4.45. The Kier molecular flexibility index (Phi) is 3.72. The van der Waals surface area contributed by atoms with Crippen LogP contribution in [0.5, 0.6) is 5.75 Å². The van der Waals surface area contributed by atoms with E-state index < -0.39 is 6.04 Å². The predicted molar refractivity (Wildman–Crippen MR) is 101 cm³/mol. The van der Waals surface area contributed by atoms with Crippen molar-refractivity contribution in [2.24, 2.45) is 0 Å². The van der Waals surface area contributed by atoms with Gasteiger partial charge in [0.25, 0.3) is 0 Å². The summed E-state index contributed by atoms with van der Waals surface area (Å²) < 4.78 is 11.9. The van der Waals surface area contributed by atoms with Crippen molar-refractivity contribution in [3.63, 3.8) is 0 Å². The Hall–Kier alpha value is -2.37. The molecule has 5 rings (SSSR count). The summed E-state index contributed by atoms with van der Waals surface area (Å²) in [7, 11) is 0. The lowest BCUT2D eigenvalue weighted by Gasteiger charge is -2.44. The number of nitrogens with zero attached hydrogens (tertiary/aromatic N) is 1. The molecule has 3 aromatic rings. The molecule has 1 aromatic heterocycles. The zero-order chi connectivity index (χ0) is 17.7. The molecule has 0 bridgehead atoms. The molecule has 26 heavy (non-hydrogen) atoms. The first-order chi connectivity index (χ1) is 12.8. The van der Waals surface area contributed by atoms with Crippen LogP contribution in [0.3, 0.4) is 0 Å². The molecular weight excluding hydrogens is 346 g/mol. The molecule has 0 spiro atoms. The molecule has 0 fully saturated rings. The Labute approximate surface area is 156 Å². The van der Waals surface area contributed by atoms with Crippen LogP contribution in [-0.2, 0) is 16.0 Å². The number of benzene rings is 2. The molecular formula is C21H19NO3S. The Balaban J connectivity index is 1.73. The zero-order valence-electron chi connectivity index (χ0n) is 14.5. The molecule has 0 amide bonds. The number of fused-ring (bicyclic) bond motifs is 6. The number of carbonyl (C=O) groups is 1. The monoisotopic (exact) mass is 365 g/mol. The van der Waals surface area contributed by atoms with Crippen molar-refractivity contribution in [3.05, 3.63) is 63.8 Å². The van der Waals surface area contributed by atoms with Crippen LogP contribution in [0.1, 0.15) is 35.2 Å². The van der Waals surface area contributed by atoms with E-state index in [9.17, 15) is 4.79 Å². The van der Waals surface area contributed by atoms with E-state index >= 15 is 0 Å². The van der Waals surface area contributed by atoms with E-state index in [0.29, 0.717) is 6.61 Å². The molecule has 0 saturated carbocycles. The fourth-order valence-electron chi connectivity index (χ4n) is 4.12. The minimum atomic E-state index is -0.442. The van der Waals surface area contributed by atoms with Gasteiger partial charge in [-0.05, 0) is 41.6 Å².